The van der Waals surface area contributed by atoms with Crippen LogP contribution in [0.5, 0.6) is 0 Å². The first-order valence-corrected chi connectivity index (χ1v) is 10.0. The molecule has 3 heterocycles. The van der Waals surface area contributed by atoms with Gasteiger partial charge in [0.2, 0.25) is 0 Å². The number of nitrogens with one attached hydrogen (secondary N) is 1. The van der Waals surface area contributed by atoms with Crippen LogP contribution >= 0.6 is 22.7 Å². The molecule has 2 aromatic rings. The minimum Gasteiger partial charge on any atom is -0.328 e. The van der Waals surface area contributed by atoms with E-state index in [0.717, 1.165) is 30.3 Å². The zero-order chi connectivity index (χ0) is 14.9. The lowest BCUT2D eigenvalue weighted by atomic mass is 10.3. The number of thiazole rings is 1. The summed E-state index contributed by atoms with van der Waals surface area (Å²) in [4.78, 5) is 5.88. The standard InChI is InChI=1S/C13H17N3O2S3/c1-11-14-12(10-20-11)9-15-4-6-16(7-5-15)21(17,18)13-3-2-8-19-13/h2-3,8,10H,4-7,9H2,1H3/p+1. The molecule has 1 aliphatic heterocycles. The fourth-order valence-electron chi connectivity index (χ4n) is 2.50. The van der Waals surface area contributed by atoms with Gasteiger partial charge in [-0.3, -0.25) is 0 Å². The van der Waals surface area contributed by atoms with Gasteiger partial charge in [0.15, 0.2) is 0 Å². The second-order valence-corrected chi connectivity index (χ2v) is 9.30. The van der Waals surface area contributed by atoms with E-state index in [4.69, 9.17) is 0 Å². The highest BCUT2D eigenvalue weighted by Crippen LogP contribution is 2.20. The van der Waals surface area contributed by atoms with E-state index in [0.29, 0.717) is 17.3 Å². The molecule has 0 saturated carbocycles. The molecule has 0 spiro atoms. The first kappa shape index (κ1) is 15.1. The Labute approximate surface area is 132 Å². The molecule has 3 rings (SSSR count). The van der Waals surface area contributed by atoms with Crippen molar-refractivity contribution in [3.63, 3.8) is 0 Å². The minimum absolute atomic E-state index is 0.445. The lowest BCUT2D eigenvalue weighted by molar-refractivity contribution is -0.917. The normalized spacial score (nSPS) is 18.1. The zero-order valence-corrected chi connectivity index (χ0v) is 14.2. The van der Waals surface area contributed by atoms with E-state index >= 15 is 0 Å². The summed E-state index contributed by atoms with van der Waals surface area (Å²) in [5.41, 5.74) is 1.11. The van der Waals surface area contributed by atoms with Crippen molar-refractivity contribution in [3.05, 3.63) is 33.6 Å². The SMILES string of the molecule is Cc1nc(C[NH+]2CCN(S(=O)(=O)c3cccs3)CC2)cs1. The Morgan fingerprint density at radius 1 is 1.33 bits per heavy atom. The van der Waals surface area contributed by atoms with Crippen LogP contribution in [-0.4, -0.2) is 43.9 Å². The number of hydrogen-bond acceptors (Lipinski definition) is 5. The molecule has 0 amide bonds. The highest BCUT2D eigenvalue weighted by atomic mass is 32.2. The molecule has 1 saturated heterocycles. The van der Waals surface area contributed by atoms with Gasteiger partial charge in [-0.15, -0.1) is 22.7 Å². The summed E-state index contributed by atoms with van der Waals surface area (Å²) in [5, 5.41) is 4.99. The highest BCUT2D eigenvalue weighted by Gasteiger charge is 2.31. The molecule has 0 atom stereocenters. The number of rotatable bonds is 4. The molecular weight excluding hydrogens is 326 g/mol. The number of quaternary nitrogens is 1. The molecule has 5 nitrogen and oxygen atoms in total. The summed E-state index contributed by atoms with van der Waals surface area (Å²) in [6, 6.07) is 3.46. The van der Waals surface area contributed by atoms with Crippen molar-refractivity contribution < 1.29 is 13.3 Å². The molecular formula is C13H18N3O2S3+. The van der Waals surface area contributed by atoms with Gasteiger partial charge in [-0.25, -0.2) is 13.4 Å². The number of sulfonamides is 1. The van der Waals surface area contributed by atoms with Gasteiger partial charge in [-0.2, -0.15) is 4.31 Å². The quantitative estimate of drug-likeness (QED) is 0.884. The summed E-state index contributed by atoms with van der Waals surface area (Å²) < 4.78 is 26.9. The third kappa shape index (κ3) is 3.35. The maximum atomic E-state index is 12.4. The van der Waals surface area contributed by atoms with Crippen LogP contribution in [-0.2, 0) is 16.6 Å². The zero-order valence-electron chi connectivity index (χ0n) is 11.8. The Balaban J connectivity index is 1.60. The van der Waals surface area contributed by atoms with Crippen molar-refractivity contribution in [2.45, 2.75) is 17.7 Å². The van der Waals surface area contributed by atoms with E-state index in [1.165, 1.54) is 16.2 Å². The Bertz CT molecular complexity index is 686. The Morgan fingerprint density at radius 2 is 2.10 bits per heavy atom. The highest BCUT2D eigenvalue weighted by molar-refractivity contribution is 7.91. The third-order valence-electron chi connectivity index (χ3n) is 3.62. The van der Waals surface area contributed by atoms with E-state index < -0.39 is 10.0 Å². The van der Waals surface area contributed by atoms with Crippen LogP contribution < -0.4 is 4.90 Å². The van der Waals surface area contributed by atoms with E-state index in [-0.39, 0.29) is 0 Å². The smallest absolute Gasteiger partial charge is 0.252 e. The summed E-state index contributed by atoms with van der Waals surface area (Å²) >= 11 is 2.95. The van der Waals surface area contributed by atoms with Crippen molar-refractivity contribution >= 4 is 32.7 Å². The molecule has 21 heavy (non-hydrogen) atoms. The van der Waals surface area contributed by atoms with Crippen molar-refractivity contribution in [2.75, 3.05) is 26.2 Å². The summed E-state index contributed by atoms with van der Waals surface area (Å²) in [7, 11) is -3.29. The fraction of sp³-hybridized carbons (Fsp3) is 0.462. The van der Waals surface area contributed by atoms with E-state index in [1.807, 2.05) is 6.92 Å². The van der Waals surface area contributed by atoms with E-state index in [2.05, 4.69) is 10.4 Å². The van der Waals surface area contributed by atoms with Gasteiger partial charge >= 0.3 is 0 Å². The van der Waals surface area contributed by atoms with Gasteiger partial charge in [0.05, 0.1) is 31.2 Å². The number of nitrogens with zero attached hydrogens (tertiary/aromatic N) is 2. The lowest BCUT2D eigenvalue weighted by Gasteiger charge is -2.30. The van der Waals surface area contributed by atoms with Gasteiger partial charge in [-0.05, 0) is 18.4 Å². The van der Waals surface area contributed by atoms with Crippen LogP contribution in [0, 0.1) is 6.92 Å². The Kier molecular flexibility index (Phi) is 4.41. The molecule has 0 bridgehead atoms. The maximum Gasteiger partial charge on any atom is 0.252 e. The topological polar surface area (TPSA) is 54.7 Å². The van der Waals surface area contributed by atoms with Gasteiger partial charge in [0.25, 0.3) is 10.0 Å². The van der Waals surface area contributed by atoms with Gasteiger partial charge in [-0.1, -0.05) is 6.07 Å². The second-order valence-electron chi connectivity index (χ2n) is 5.12. The third-order valence-corrected chi connectivity index (χ3v) is 7.71. The number of thiophene rings is 1. The molecule has 1 N–H and O–H groups in total. The molecule has 0 aliphatic carbocycles. The monoisotopic (exact) mass is 344 g/mol. The first-order valence-electron chi connectivity index (χ1n) is 6.84. The Hall–Kier alpha value is -0.800. The predicted octanol–water partition coefficient (Wildman–Crippen LogP) is 0.602. The number of aryl methyl sites for hydroxylation is 1. The number of aromatic nitrogens is 1. The van der Waals surface area contributed by atoms with Gasteiger partial charge in [0.1, 0.15) is 16.4 Å². The van der Waals surface area contributed by atoms with Crippen molar-refractivity contribution in [2.24, 2.45) is 0 Å². The van der Waals surface area contributed by atoms with E-state index in [9.17, 15) is 8.42 Å². The van der Waals surface area contributed by atoms with Gasteiger partial charge < -0.3 is 4.90 Å². The van der Waals surface area contributed by atoms with Crippen LogP contribution in [0.25, 0.3) is 0 Å². The largest absolute Gasteiger partial charge is 0.328 e. The van der Waals surface area contributed by atoms with Crippen molar-refractivity contribution in [3.8, 4) is 0 Å². The summed E-state index contributed by atoms with van der Waals surface area (Å²) in [6.45, 7) is 5.73. The fourth-order valence-corrected chi connectivity index (χ4v) is 5.70. The van der Waals surface area contributed by atoms with Crippen LogP contribution in [0.2, 0.25) is 0 Å². The lowest BCUT2D eigenvalue weighted by Crippen LogP contribution is -3.13. The molecule has 2 aromatic heterocycles. The molecule has 0 unspecified atom stereocenters. The van der Waals surface area contributed by atoms with Crippen LogP contribution in [0.3, 0.4) is 0 Å². The van der Waals surface area contributed by atoms with Crippen LogP contribution in [0.15, 0.2) is 27.1 Å². The Morgan fingerprint density at radius 3 is 2.67 bits per heavy atom. The summed E-state index contributed by atoms with van der Waals surface area (Å²) in [5.74, 6) is 0. The van der Waals surface area contributed by atoms with E-state index in [1.54, 1.807) is 33.2 Å². The predicted molar refractivity (Wildman–Crippen MR) is 84.3 cm³/mol. The summed E-state index contributed by atoms with van der Waals surface area (Å²) in [6.07, 6.45) is 0. The molecule has 8 heteroatoms. The van der Waals surface area contributed by atoms with Gasteiger partial charge in [0, 0.05) is 5.38 Å². The number of piperazine rings is 1. The molecule has 0 radical (unpaired) electrons. The minimum atomic E-state index is -3.29. The molecule has 1 fully saturated rings. The average Bonchev–Trinajstić information content (AvgIpc) is 3.11. The molecule has 114 valence electrons. The maximum absolute atomic E-state index is 12.4. The van der Waals surface area contributed by atoms with Crippen molar-refractivity contribution in [1.29, 1.82) is 0 Å². The molecule has 0 aromatic carbocycles. The van der Waals surface area contributed by atoms with Crippen LogP contribution in [0.4, 0.5) is 0 Å². The van der Waals surface area contributed by atoms with Crippen LogP contribution in [0.1, 0.15) is 10.7 Å². The van der Waals surface area contributed by atoms with Crippen molar-refractivity contribution in [1.82, 2.24) is 9.29 Å². The molecule has 1 aliphatic rings. The number of hydrogen-bond donors (Lipinski definition) is 1. The average molecular weight is 345 g/mol. The second kappa shape index (κ2) is 6.13. The first-order chi connectivity index (χ1) is 10.1.